The van der Waals surface area contributed by atoms with Crippen LogP contribution in [0.2, 0.25) is 0 Å². The zero-order valence-corrected chi connectivity index (χ0v) is 6.31. The smallest absolute Gasteiger partial charge is 0.397 e. The maximum Gasteiger partial charge on any atom is 0.418 e. The highest BCUT2D eigenvalue weighted by atomic mass is 19.4. The maximum atomic E-state index is 12.1. The second-order valence-electron chi connectivity index (χ2n) is 2.41. The summed E-state index contributed by atoms with van der Waals surface area (Å²) >= 11 is 0. The van der Waals surface area contributed by atoms with Gasteiger partial charge in [-0.25, -0.2) is 0 Å². The highest BCUT2D eigenvalue weighted by Crippen LogP contribution is 2.33. The third-order valence-electron chi connectivity index (χ3n) is 1.38. The number of alkyl halides is 3. The number of rotatable bonds is 0. The Morgan fingerprint density at radius 1 is 1.42 bits per heavy atom. The number of hydrogen-bond acceptors (Lipinski definition) is 2. The fourth-order valence-electron chi connectivity index (χ4n) is 0.816. The highest BCUT2D eigenvalue weighted by Gasteiger charge is 2.33. The lowest BCUT2D eigenvalue weighted by atomic mass is 10.2. The lowest BCUT2D eigenvalue weighted by molar-refractivity contribution is -0.137. The second kappa shape index (κ2) is 2.66. The molecule has 0 atom stereocenters. The zero-order chi connectivity index (χ0) is 9.35. The minimum Gasteiger partial charge on any atom is -0.397 e. The molecule has 5 heteroatoms. The third-order valence-corrected chi connectivity index (χ3v) is 1.38. The van der Waals surface area contributed by atoms with E-state index in [4.69, 9.17) is 5.73 Å². The van der Waals surface area contributed by atoms with Gasteiger partial charge in [-0.1, -0.05) is 0 Å². The van der Waals surface area contributed by atoms with Crippen LogP contribution in [-0.2, 0) is 6.18 Å². The molecular formula is C7H7F3N2. The van der Waals surface area contributed by atoms with Crippen molar-refractivity contribution in [1.29, 1.82) is 0 Å². The number of nitrogens with two attached hydrogens (primary N) is 1. The van der Waals surface area contributed by atoms with E-state index in [1.165, 1.54) is 6.92 Å². The van der Waals surface area contributed by atoms with Crippen LogP contribution in [-0.4, -0.2) is 4.98 Å². The molecule has 0 aliphatic heterocycles. The van der Waals surface area contributed by atoms with Crippen LogP contribution in [0.25, 0.3) is 0 Å². The van der Waals surface area contributed by atoms with E-state index in [2.05, 4.69) is 4.98 Å². The standard InChI is InChI=1S/C7H7F3N2/c1-4-2-5(7(8,9)10)6(11)3-12-4/h2-3H,11H2,1H3. The van der Waals surface area contributed by atoms with Crippen LogP contribution in [0.5, 0.6) is 0 Å². The molecule has 1 heterocycles. The van der Waals surface area contributed by atoms with Crippen molar-refractivity contribution in [1.82, 2.24) is 4.98 Å². The molecule has 0 saturated carbocycles. The Balaban J connectivity index is 3.23. The molecule has 1 aromatic heterocycles. The van der Waals surface area contributed by atoms with Crippen molar-refractivity contribution in [2.24, 2.45) is 0 Å². The number of nitrogens with zero attached hydrogens (tertiary/aromatic N) is 1. The number of nitrogen functional groups attached to an aromatic ring is 1. The van der Waals surface area contributed by atoms with Crippen molar-refractivity contribution in [3.05, 3.63) is 23.5 Å². The molecule has 0 fully saturated rings. The summed E-state index contributed by atoms with van der Waals surface area (Å²) in [7, 11) is 0. The Morgan fingerprint density at radius 2 is 2.00 bits per heavy atom. The predicted octanol–water partition coefficient (Wildman–Crippen LogP) is 1.99. The van der Waals surface area contributed by atoms with Crippen LogP contribution >= 0.6 is 0 Å². The van der Waals surface area contributed by atoms with Crippen molar-refractivity contribution >= 4 is 5.69 Å². The molecular weight excluding hydrogens is 169 g/mol. The maximum absolute atomic E-state index is 12.1. The van der Waals surface area contributed by atoms with E-state index in [9.17, 15) is 13.2 Å². The predicted molar refractivity (Wildman–Crippen MR) is 38.4 cm³/mol. The molecule has 1 rings (SSSR count). The molecule has 0 amide bonds. The summed E-state index contributed by atoms with van der Waals surface area (Å²) in [5.74, 6) is 0. The molecule has 2 N–H and O–H groups in total. The molecule has 0 saturated heterocycles. The van der Waals surface area contributed by atoms with Crippen LogP contribution in [0.4, 0.5) is 18.9 Å². The number of hydrogen-bond donors (Lipinski definition) is 1. The van der Waals surface area contributed by atoms with Gasteiger partial charge >= 0.3 is 6.18 Å². The summed E-state index contributed by atoms with van der Waals surface area (Å²) in [5, 5.41) is 0. The molecule has 0 aliphatic rings. The number of pyridine rings is 1. The van der Waals surface area contributed by atoms with Crippen LogP contribution in [0.3, 0.4) is 0 Å². The lowest BCUT2D eigenvalue weighted by Gasteiger charge is -2.09. The van der Waals surface area contributed by atoms with E-state index >= 15 is 0 Å². The van der Waals surface area contributed by atoms with Crippen molar-refractivity contribution in [2.75, 3.05) is 5.73 Å². The SMILES string of the molecule is Cc1cc(C(F)(F)F)c(N)cn1. The van der Waals surface area contributed by atoms with E-state index < -0.39 is 11.7 Å². The van der Waals surface area contributed by atoms with E-state index in [1.807, 2.05) is 0 Å². The highest BCUT2D eigenvalue weighted by molar-refractivity contribution is 5.46. The molecule has 2 nitrogen and oxygen atoms in total. The number of anilines is 1. The van der Waals surface area contributed by atoms with Crippen molar-refractivity contribution in [2.45, 2.75) is 13.1 Å². The summed E-state index contributed by atoms with van der Waals surface area (Å²) in [6.45, 7) is 1.48. The van der Waals surface area contributed by atoms with E-state index in [1.54, 1.807) is 0 Å². The van der Waals surface area contributed by atoms with Crippen molar-refractivity contribution < 1.29 is 13.2 Å². The average molecular weight is 176 g/mol. The number of aryl methyl sites for hydroxylation is 1. The summed E-state index contributed by atoms with van der Waals surface area (Å²) in [6, 6.07) is 0.926. The lowest BCUT2D eigenvalue weighted by Crippen LogP contribution is -2.09. The quantitative estimate of drug-likeness (QED) is 0.656. The molecule has 0 aromatic carbocycles. The number of aromatic nitrogens is 1. The Hall–Kier alpha value is -1.26. The minimum atomic E-state index is -4.39. The topological polar surface area (TPSA) is 38.9 Å². The summed E-state index contributed by atoms with van der Waals surface area (Å²) in [6.07, 6.45) is -3.38. The Kier molecular flexibility index (Phi) is 1.95. The van der Waals surface area contributed by atoms with Crippen LogP contribution in [0.15, 0.2) is 12.3 Å². The van der Waals surface area contributed by atoms with Gasteiger partial charge in [0.2, 0.25) is 0 Å². The van der Waals surface area contributed by atoms with Gasteiger partial charge in [0.15, 0.2) is 0 Å². The second-order valence-corrected chi connectivity index (χ2v) is 2.41. The van der Waals surface area contributed by atoms with Crippen LogP contribution in [0.1, 0.15) is 11.3 Å². The molecule has 0 spiro atoms. The minimum absolute atomic E-state index is 0.302. The van der Waals surface area contributed by atoms with Crippen molar-refractivity contribution in [3.63, 3.8) is 0 Å². The van der Waals surface area contributed by atoms with Crippen LogP contribution in [0, 0.1) is 6.92 Å². The molecule has 0 unspecified atom stereocenters. The molecule has 66 valence electrons. The average Bonchev–Trinajstić information content (AvgIpc) is 1.92. The fraction of sp³-hybridized carbons (Fsp3) is 0.286. The third kappa shape index (κ3) is 1.66. The van der Waals surface area contributed by atoms with E-state index in [0.29, 0.717) is 5.69 Å². The van der Waals surface area contributed by atoms with Gasteiger partial charge in [0.05, 0.1) is 17.4 Å². The van der Waals surface area contributed by atoms with Crippen molar-refractivity contribution in [3.8, 4) is 0 Å². The summed E-state index contributed by atoms with van der Waals surface area (Å²) < 4.78 is 36.4. The Labute approximate surface area is 67.2 Å². The molecule has 1 aromatic rings. The van der Waals surface area contributed by atoms with E-state index in [-0.39, 0.29) is 5.69 Å². The van der Waals surface area contributed by atoms with Gasteiger partial charge in [0.25, 0.3) is 0 Å². The van der Waals surface area contributed by atoms with Gasteiger partial charge < -0.3 is 5.73 Å². The molecule has 0 aliphatic carbocycles. The van der Waals surface area contributed by atoms with Crippen LogP contribution < -0.4 is 5.73 Å². The van der Waals surface area contributed by atoms with Gasteiger partial charge in [-0.05, 0) is 13.0 Å². The van der Waals surface area contributed by atoms with Gasteiger partial charge in [-0.2, -0.15) is 13.2 Å². The summed E-state index contributed by atoms with van der Waals surface area (Å²) in [5.41, 5.74) is 4.23. The largest absolute Gasteiger partial charge is 0.418 e. The first kappa shape index (κ1) is 8.83. The first-order chi connectivity index (χ1) is 5.41. The Morgan fingerprint density at radius 3 is 2.42 bits per heavy atom. The molecule has 0 radical (unpaired) electrons. The molecule has 0 bridgehead atoms. The number of halogens is 3. The Bertz CT molecular complexity index is 293. The first-order valence-corrected chi connectivity index (χ1v) is 3.20. The fourth-order valence-corrected chi connectivity index (χ4v) is 0.816. The normalized spacial score (nSPS) is 11.7. The van der Waals surface area contributed by atoms with Gasteiger partial charge in [-0.15, -0.1) is 0 Å². The van der Waals surface area contributed by atoms with Gasteiger partial charge in [-0.3, -0.25) is 4.98 Å². The monoisotopic (exact) mass is 176 g/mol. The van der Waals surface area contributed by atoms with E-state index in [0.717, 1.165) is 12.3 Å². The zero-order valence-electron chi connectivity index (χ0n) is 6.31. The summed E-state index contributed by atoms with van der Waals surface area (Å²) in [4.78, 5) is 3.63. The van der Waals surface area contributed by atoms with Gasteiger partial charge in [0, 0.05) is 5.69 Å². The van der Waals surface area contributed by atoms with Gasteiger partial charge in [0.1, 0.15) is 0 Å². The molecule has 12 heavy (non-hydrogen) atoms. The first-order valence-electron chi connectivity index (χ1n) is 3.20.